The quantitative estimate of drug-likeness (QED) is 0.628. The molecule has 0 radical (unpaired) electrons. The standard InChI is InChI=1S/C13H13N3O2/c1-9-3-5-10(6-4-9)13(2)11(17)16(8-7-14)12(18)15-13/h3-6H,8H2,1-2H3,(H,15,18)/t13-/m0/s1. The molecule has 1 N–H and O–H groups in total. The molecule has 0 bridgehead atoms. The number of nitrogens with one attached hydrogen (secondary N) is 1. The fraction of sp³-hybridized carbons (Fsp3) is 0.308. The van der Waals surface area contributed by atoms with Crippen LogP contribution in [0.4, 0.5) is 4.79 Å². The Morgan fingerprint density at radius 2 is 1.94 bits per heavy atom. The maximum absolute atomic E-state index is 12.2. The van der Waals surface area contributed by atoms with Crippen molar-refractivity contribution in [1.82, 2.24) is 10.2 Å². The van der Waals surface area contributed by atoms with Crippen molar-refractivity contribution in [3.05, 3.63) is 35.4 Å². The first-order valence-corrected chi connectivity index (χ1v) is 5.57. The lowest BCUT2D eigenvalue weighted by Gasteiger charge is -2.21. The van der Waals surface area contributed by atoms with Gasteiger partial charge in [-0.3, -0.25) is 4.79 Å². The van der Waals surface area contributed by atoms with Gasteiger partial charge in [0.25, 0.3) is 5.91 Å². The molecule has 2 rings (SSSR count). The van der Waals surface area contributed by atoms with Gasteiger partial charge in [-0.05, 0) is 19.4 Å². The van der Waals surface area contributed by atoms with Crippen molar-refractivity contribution in [2.75, 3.05) is 6.54 Å². The van der Waals surface area contributed by atoms with Crippen LogP contribution in [0.5, 0.6) is 0 Å². The van der Waals surface area contributed by atoms with Gasteiger partial charge in [0.1, 0.15) is 12.1 Å². The van der Waals surface area contributed by atoms with Crippen LogP contribution in [-0.2, 0) is 10.3 Å². The van der Waals surface area contributed by atoms with Crippen LogP contribution >= 0.6 is 0 Å². The first kappa shape index (κ1) is 12.1. The van der Waals surface area contributed by atoms with E-state index in [1.54, 1.807) is 6.92 Å². The van der Waals surface area contributed by atoms with Gasteiger partial charge in [0.05, 0.1) is 6.07 Å². The van der Waals surface area contributed by atoms with E-state index in [4.69, 9.17) is 5.26 Å². The molecule has 0 aromatic heterocycles. The van der Waals surface area contributed by atoms with E-state index in [-0.39, 0.29) is 6.54 Å². The van der Waals surface area contributed by atoms with Gasteiger partial charge < -0.3 is 5.32 Å². The minimum atomic E-state index is -1.08. The summed E-state index contributed by atoms with van der Waals surface area (Å²) in [5.74, 6) is -0.391. The van der Waals surface area contributed by atoms with Crippen molar-refractivity contribution in [2.24, 2.45) is 0 Å². The van der Waals surface area contributed by atoms with Gasteiger partial charge >= 0.3 is 6.03 Å². The second-order valence-electron chi connectivity index (χ2n) is 4.47. The molecule has 5 heteroatoms. The molecule has 1 aromatic rings. The summed E-state index contributed by atoms with van der Waals surface area (Å²) < 4.78 is 0. The Morgan fingerprint density at radius 1 is 1.33 bits per heavy atom. The van der Waals surface area contributed by atoms with Crippen LogP contribution in [0, 0.1) is 18.3 Å². The SMILES string of the molecule is Cc1ccc([C@]2(C)NC(=O)N(CC#N)C2=O)cc1. The second kappa shape index (κ2) is 4.15. The highest BCUT2D eigenvalue weighted by Gasteiger charge is 2.48. The number of aryl methyl sites for hydroxylation is 1. The number of imide groups is 1. The smallest absolute Gasteiger partial charge is 0.319 e. The summed E-state index contributed by atoms with van der Waals surface area (Å²) in [7, 11) is 0. The van der Waals surface area contributed by atoms with Crippen LogP contribution < -0.4 is 5.32 Å². The van der Waals surface area contributed by atoms with Crippen LogP contribution in [0.2, 0.25) is 0 Å². The Balaban J connectivity index is 2.39. The lowest BCUT2D eigenvalue weighted by atomic mass is 9.91. The molecule has 0 spiro atoms. The normalized spacial score (nSPS) is 22.8. The van der Waals surface area contributed by atoms with Crippen molar-refractivity contribution >= 4 is 11.9 Å². The van der Waals surface area contributed by atoms with Gasteiger partial charge in [-0.1, -0.05) is 29.8 Å². The van der Waals surface area contributed by atoms with Crippen molar-refractivity contribution in [3.8, 4) is 6.07 Å². The van der Waals surface area contributed by atoms with Gasteiger partial charge in [-0.25, -0.2) is 9.69 Å². The van der Waals surface area contributed by atoms with E-state index < -0.39 is 17.5 Å². The molecule has 1 heterocycles. The number of hydrogen-bond donors (Lipinski definition) is 1. The number of nitrogens with zero attached hydrogens (tertiary/aromatic N) is 2. The number of nitriles is 1. The van der Waals surface area contributed by atoms with E-state index in [0.29, 0.717) is 5.56 Å². The monoisotopic (exact) mass is 243 g/mol. The van der Waals surface area contributed by atoms with Crippen molar-refractivity contribution in [2.45, 2.75) is 19.4 Å². The predicted octanol–water partition coefficient (Wildman–Crippen LogP) is 1.29. The first-order valence-electron chi connectivity index (χ1n) is 5.57. The summed E-state index contributed by atoms with van der Waals surface area (Å²) in [6, 6.07) is 8.67. The van der Waals surface area contributed by atoms with Crippen LogP contribution in [0.3, 0.4) is 0 Å². The Kier molecular flexibility index (Phi) is 2.79. The predicted molar refractivity (Wildman–Crippen MR) is 64.4 cm³/mol. The summed E-state index contributed by atoms with van der Waals surface area (Å²) in [5, 5.41) is 11.3. The van der Waals surface area contributed by atoms with E-state index in [1.165, 1.54) is 0 Å². The van der Waals surface area contributed by atoms with E-state index >= 15 is 0 Å². The van der Waals surface area contributed by atoms with E-state index in [9.17, 15) is 9.59 Å². The van der Waals surface area contributed by atoms with Gasteiger partial charge in [-0.2, -0.15) is 5.26 Å². The first-order chi connectivity index (χ1) is 8.49. The van der Waals surface area contributed by atoms with Gasteiger partial charge in [0.2, 0.25) is 0 Å². The fourth-order valence-corrected chi connectivity index (χ4v) is 1.99. The number of rotatable bonds is 2. The third-order valence-electron chi connectivity index (χ3n) is 3.13. The maximum Gasteiger partial charge on any atom is 0.326 e. The molecule has 1 atom stereocenters. The minimum Gasteiger partial charge on any atom is -0.319 e. The summed E-state index contributed by atoms with van der Waals surface area (Å²) >= 11 is 0. The lowest BCUT2D eigenvalue weighted by molar-refractivity contribution is -0.130. The largest absolute Gasteiger partial charge is 0.326 e. The van der Waals surface area contributed by atoms with Crippen LogP contribution in [-0.4, -0.2) is 23.4 Å². The third kappa shape index (κ3) is 1.72. The Hall–Kier alpha value is -2.35. The molecule has 5 nitrogen and oxygen atoms in total. The molecule has 92 valence electrons. The van der Waals surface area contributed by atoms with Crippen LogP contribution in [0.25, 0.3) is 0 Å². The molecule has 1 aromatic carbocycles. The second-order valence-corrected chi connectivity index (χ2v) is 4.47. The van der Waals surface area contributed by atoms with E-state index in [0.717, 1.165) is 10.5 Å². The molecule has 18 heavy (non-hydrogen) atoms. The zero-order chi connectivity index (χ0) is 13.3. The number of hydrogen-bond acceptors (Lipinski definition) is 3. The average molecular weight is 243 g/mol. The molecule has 1 saturated heterocycles. The van der Waals surface area contributed by atoms with Gasteiger partial charge in [0.15, 0.2) is 0 Å². The zero-order valence-corrected chi connectivity index (χ0v) is 10.2. The summed E-state index contributed by atoms with van der Waals surface area (Å²) in [5.41, 5.74) is 0.710. The molecule has 0 unspecified atom stereocenters. The Morgan fingerprint density at radius 3 is 2.50 bits per heavy atom. The number of amides is 3. The topological polar surface area (TPSA) is 73.2 Å². The molecule has 1 aliphatic rings. The summed E-state index contributed by atoms with van der Waals surface area (Å²) in [6.07, 6.45) is 0. The lowest BCUT2D eigenvalue weighted by Crippen LogP contribution is -2.40. The molecule has 1 aliphatic heterocycles. The fourth-order valence-electron chi connectivity index (χ4n) is 1.99. The number of benzene rings is 1. The highest BCUT2D eigenvalue weighted by atomic mass is 16.2. The van der Waals surface area contributed by atoms with E-state index in [2.05, 4.69) is 5.32 Å². The Bertz CT molecular complexity index is 544. The summed E-state index contributed by atoms with van der Waals surface area (Å²) in [4.78, 5) is 24.8. The molecule has 1 fully saturated rings. The third-order valence-corrected chi connectivity index (χ3v) is 3.13. The minimum absolute atomic E-state index is 0.230. The number of carbonyl (C=O) groups excluding carboxylic acids is 2. The van der Waals surface area contributed by atoms with E-state index in [1.807, 2.05) is 37.3 Å². The van der Waals surface area contributed by atoms with Crippen molar-refractivity contribution in [3.63, 3.8) is 0 Å². The molecule has 3 amide bonds. The Labute approximate surface area is 105 Å². The molecule has 0 saturated carbocycles. The highest BCUT2D eigenvalue weighted by molar-refractivity contribution is 6.07. The molecular formula is C13H13N3O2. The van der Waals surface area contributed by atoms with Gasteiger partial charge in [0, 0.05) is 0 Å². The number of urea groups is 1. The highest BCUT2D eigenvalue weighted by Crippen LogP contribution is 2.28. The molecule has 0 aliphatic carbocycles. The summed E-state index contributed by atoms with van der Waals surface area (Å²) in [6.45, 7) is 3.37. The van der Waals surface area contributed by atoms with Crippen molar-refractivity contribution in [1.29, 1.82) is 5.26 Å². The average Bonchev–Trinajstić information content (AvgIpc) is 2.55. The van der Waals surface area contributed by atoms with Crippen LogP contribution in [0.15, 0.2) is 24.3 Å². The zero-order valence-electron chi connectivity index (χ0n) is 10.2. The van der Waals surface area contributed by atoms with Gasteiger partial charge in [-0.15, -0.1) is 0 Å². The van der Waals surface area contributed by atoms with Crippen molar-refractivity contribution < 1.29 is 9.59 Å². The maximum atomic E-state index is 12.2. The number of carbonyl (C=O) groups is 2. The van der Waals surface area contributed by atoms with Crippen LogP contribution in [0.1, 0.15) is 18.1 Å². The molecular weight excluding hydrogens is 230 g/mol.